The van der Waals surface area contributed by atoms with Gasteiger partial charge in [0, 0.05) is 45.2 Å². The molecule has 0 saturated carbocycles. The van der Waals surface area contributed by atoms with Gasteiger partial charge in [0.15, 0.2) is 0 Å². The Balaban J connectivity index is 1.26. The number of halogens is 1. The van der Waals surface area contributed by atoms with E-state index in [2.05, 4.69) is 24.3 Å². The molecule has 1 aromatic carbocycles. The monoisotopic (exact) mass is 502 g/mol. The number of hydrogen-bond donors (Lipinski definition) is 2. The smallest absolute Gasteiger partial charge is 0.268 e. The highest BCUT2D eigenvalue weighted by molar-refractivity contribution is 5.91. The number of aromatic nitrogens is 3. The summed E-state index contributed by atoms with van der Waals surface area (Å²) >= 11 is 0. The van der Waals surface area contributed by atoms with Crippen LogP contribution in [-0.2, 0) is 4.79 Å². The van der Waals surface area contributed by atoms with Crippen molar-refractivity contribution >= 4 is 24.0 Å². The maximum Gasteiger partial charge on any atom is 0.268 e. The molecule has 1 atom stereocenters. The van der Waals surface area contributed by atoms with Crippen LogP contribution in [0.4, 0.5) is 10.2 Å². The van der Waals surface area contributed by atoms with Crippen molar-refractivity contribution in [3.63, 3.8) is 0 Å². The van der Waals surface area contributed by atoms with Crippen LogP contribution in [0, 0.1) is 5.82 Å². The molecule has 3 N–H and O–H groups in total. The second-order valence-corrected chi connectivity index (χ2v) is 9.51. The molecule has 2 aromatic heterocycles. The fraction of sp³-hybridized carbons (Fsp3) is 0.357. The van der Waals surface area contributed by atoms with Crippen LogP contribution in [0.25, 0.3) is 17.5 Å². The van der Waals surface area contributed by atoms with E-state index >= 15 is 0 Å². The molecule has 2 aliphatic heterocycles. The van der Waals surface area contributed by atoms with Gasteiger partial charge in [-0.25, -0.2) is 14.4 Å². The number of aromatic amines is 1. The molecule has 37 heavy (non-hydrogen) atoms. The summed E-state index contributed by atoms with van der Waals surface area (Å²) < 4.78 is 15.9. The van der Waals surface area contributed by atoms with E-state index in [1.807, 2.05) is 36.4 Å². The minimum absolute atomic E-state index is 0.0753. The second kappa shape index (κ2) is 11.5. The van der Waals surface area contributed by atoms with Gasteiger partial charge in [0.25, 0.3) is 5.84 Å². The molecule has 0 unspecified atom stereocenters. The minimum Gasteiger partial charge on any atom is -0.354 e. The zero-order valence-corrected chi connectivity index (χ0v) is 20.9. The summed E-state index contributed by atoms with van der Waals surface area (Å²) in [6.45, 7) is 5.27. The summed E-state index contributed by atoms with van der Waals surface area (Å²) in [6.07, 6.45) is 9.02. The van der Waals surface area contributed by atoms with Crippen molar-refractivity contribution < 1.29 is 13.8 Å². The number of H-pyrrole nitrogens is 1. The van der Waals surface area contributed by atoms with Gasteiger partial charge in [0.05, 0.1) is 24.1 Å². The van der Waals surface area contributed by atoms with Gasteiger partial charge in [-0.1, -0.05) is 18.2 Å². The van der Waals surface area contributed by atoms with Crippen LogP contribution in [0.2, 0.25) is 0 Å². The van der Waals surface area contributed by atoms with Crippen molar-refractivity contribution in [2.75, 3.05) is 44.2 Å². The van der Waals surface area contributed by atoms with Crippen molar-refractivity contribution in [1.29, 1.82) is 0 Å². The first-order valence-electron chi connectivity index (χ1n) is 12.9. The molecule has 9 heteroatoms. The van der Waals surface area contributed by atoms with E-state index in [4.69, 9.17) is 10.7 Å². The quantitative estimate of drug-likeness (QED) is 0.279. The first-order valence-corrected chi connectivity index (χ1v) is 12.9. The van der Waals surface area contributed by atoms with E-state index in [9.17, 15) is 9.18 Å². The topological polar surface area (TPSA) is 94.1 Å². The summed E-state index contributed by atoms with van der Waals surface area (Å²) in [5.41, 5.74) is 9.04. The lowest BCUT2D eigenvalue weighted by atomic mass is 10.1. The second-order valence-electron chi connectivity index (χ2n) is 9.51. The Hall–Kier alpha value is -3.85. The molecule has 0 amide bonds. The molecule has 4 heterocycles. The number of hydrogen-bond acceptors (Lipinski definition) is 5. The van der Waals surface area contributed by atoms with Crippen LogP contribution in [0.5, 0.6) is 0 Å². The van der Waals surface area contributed by atoms with Crippen LogP contribution in [0.1, 0.15) is 36.7 Å². The number of nitrogens with zero attached hydrogens (tertiary/aromatic N) is 5. The van der Waals surface area contributed by atoms with Crippen molar-refractivity contribution in [2.24, 2.45) is 5.73 Å². The maximum atomic E-state index is 13.7. The lowest BCUT2D eigenvalue weighted by molar-refractivity contribution is -0.550. The number of piperazine rings is 1. The highest BCUT2D eigenvalue weighted by atomic mass is 19.1. The Morgan fingerprint density at radius 1 is 1.19 bits per heavy atom. The molecule has 8 nitrogen and oxygen atoms in total. The Kier molecular flexibility index (Phi) is 7.70. The highest BCUT2D eigenvalue weighted by Gasteiger charge is 2.28. The van der Waals surface area contributed by atoms with Gasteiger partial charge < -0.3 is 14.7 Å². The number of pyridine rings is 1. The van der Waals surface area contributed by atoms with E-state index in [-0.39, 0.29) is 11.9 Å². The largest absolute Gasteiger partial charge is 0.354 e. The number of imidazole rings is 1. The van der Waals surface area contributed by atoms with Crippen LogP contribution in [-0.4, -0.2) is 75.8 Å². The SMILES string of the molecule is NC(/C=C\c1ncc(-c2cccc(N3CCN(CCC=O)CC3)n2)[nH]1)=[N+]1CCC[C@@H]1c1cccc(F)c1. The first kappa shape index (κ1) is 24.8. The number of carbonyl (C=O) groups excluding carboxylic acids is 1. The molecule has 192 valence electrons. The summed E-state index contributed by atoms with van der Waals surface area (Å²) in [7, 11) is 0. The molecule has 5 rings (SSSR count). The minimum atomic E-state index is -0.226. The molecular formula is C28H33FN7O+. The number of anilines is 1. The van der Waals surface area contributed by atoms with Crippen LogP contribution >= 0.6 is 0 Å². The number of nitrogens with two attached hydrogens (primary N) is 1. The predicted molar refractivity (Wildman–Crippen MR) is 143 cm³/mol. The Morgan fingerprint density at radius 3 is 2.84 bits per heavy atom. The highest BCUT2D eigenvalue weighted by Crippen LogP contribution is 2.29. The van der Waals surface area contributed by atoms with Gasteiger partial charge in [0.2, 0.25) is 0 Å². The average molecular weight is 503 g/mol. The summed E-state index contributed by atoms with van der Waals surface area (Å²) in [4.78, 5) is 27.9. The van der Waals surface area contributed by atoms with Crippen LogP contribution < -0.4 is 10.6 Å². The lowest BCUT2D eigenvalue weighted by Crippen LogP contribution is -2.47. The van der Waals surface area contributed by atoms with E-state index in [1.165, 1.54) is 6.07 Å². The van der Waals surface area contributed by atoms with E-state index < -0.39 is 0 Å². The number of nitrogens with one attached hydrogen (secondary N) is 1. The van der Waals surface area contributed by atoms with E-state index in [0.29, 0.717) is 18.1 Å². The van der Waals surface area contributed by atoms with Gasteiger partial charge in [-0.2, -0.15) is 0 Å². The molecule has 0 radical (unpaired) electrons. The van der Waals surface area contributed by atoms with E-state index in [1.54, 1.807) is 18.3 Å². The lowest BCUT2D eigenvalue weighted by Gasteiger charge is -2.35. The van der Waals surface area contributed by atoms with Crippen LogP contribution in [0.15, 0.2) is 54.7 Å². The maximum absolute atomic E-state index is 13.7. The summed E-state index contributed by atoms with van der Waals surface area (Å²) in [6, 6.07) is 12.8. The number of benzene rings is 1. The van der Waals surface area contributed by atoms with Gasteiger partial charge in [-0.05, 0) is 48.7 Å². The van der Waals surface area contributed by atoms with Gasteiger partial charge in [-0.15, -0.1) is 0 Å². The standard InChI is InChI=1S/C28H32FN7O/c29-22-6-1-5-21(19-22)25-8-3-13-36(25)26(30)10-11-27-31-20-24(32-27)23-7-2-9-28(33-23)35-16-14-34(15-17-35)12-4-18-37/h1-2,5-7,9-11,18-20,25H,3-4,8,12-17H2,(H2,30,31,32,33)/p+1/t25-/m1/s1. The van der Waals surface area contributed by atoms with Gasteiger partial charge >= 0.3 is 0 Å². The number of amidine groups is 1. The average Bonchev–Trinajstić information content (AvgIpc) is 3.61. The molecule has 2 aliphatic rings. The Morgan fingerprint density at radius 2 is 2.03 bits per heavy atom. The van der Waals surface area contributed by atoms with Crippen molar-refractivity contribution in [1.82, 2.24) is 19.9 Å². The molecule has 0 spiro atoms. The molecule has 2 saturated heterocycles. The van der Waals surface area contributed by atoms with Crippen molar-refractivity contribution in [2.45, 2.75) is 25.3 Å². The Labute approximate surface area is 216 Å². The summed E-state index contributed by atoms with van der Waals surface area (Å²) in [5, 5.41) is 0. The van der Waals surface area contributed by atoms with E-state index in [0.717, 1.165) is 81.2 Å². The third kappa shape index (κ3) is 5.94. The fourth-order valence-electron chi connectivity index (χ4n) is 5.13. The third-order valence-electron chi connectivity index (χ3n) is 7.10. The zero-order valence-electron chi connectivity index (χ0n) is 20.9. The van der Waals surface area contributed by atoms with Gasteiger partial charge in [-0.3, -0.25) is 15.2 Å². The fourth-order valence-corrected chi connectivity index (χ4v) is 5.13. The summed E-state index contributed by atoms with van der Waals surface area (Å²) in [5.74, 6) is 2.04. The molecule has 0 aliphatic carbocycles. The predicted octanol–water partition coefficient (Wildman–Crippen LogP) is 3.24. The third-order valence-corrected chi connectivity index (χ3v) is 7.10. The first-order chi connectivity index (χ1) is 18.1. The van der Waals surface area contributed by atoms with Crippen molar-refractivity contribution in [3.8, 4) is 11.4 Å². The van der Waals surface area contributed by atoms with Gasteiger partial charge in [0.1, 0.15) is 29.8 Å². The normalized spacial score (nSPS) is 20.0. The molecule has 2 fully saturated rings. The molecular weight excluding hydrogens is 469 g/mol. The number of carbonyl (C=O) groups is 1. The molecule has 3 aromatic rings. The Bertz CT molecular complexity index is 1290. The van der Waals surface area contributed by atoms with Crippen molar-refractivity contribution in [3.05, 3.63) is 71.9 Å². The van der Waals surface area contributed by atoms with Crippen LogP contribution in [0.3, 0.4) is 0 Å². The number of aldehydes is 1. The molecule has 0 bridgehead atoms. The number of rotatable bonds is 8. The zero-order chi connectivity index (χ0) is 25.6.